The first-order chi connectivity index (χ1) is 12.5. The number of amides is 1. The molecule has 3 heterocycles. The molecule has 2 aromatic rings. The Hall–Kier alpha value is -2.88. The van der Waals surface area contributed by atoms with Crippen LogP contribution in [0.1, 0.15) is 11.9 Å². The molecule has 1 saturated heterocycles. The number of aromatic nitrogens is 3. The van der Waals surface area contributed by atoms with Gasteiger partial charge in [-0.3, -0.25) is 14.3 Å². The van der Waals surface area contributed by atoms with Gasteiger partial charge in [0.15, 0.2) is 6.23 Å². The van der Waals surface area contributed by atoms with Gasteiger partial charge in [0.05, 0.1) is 13.0 Å². The Morgan fingerprint density at radius 1 is 1.38 bits per heavy atom. The van der Waals surface area contributed by atoms with Crippen molar-refractivity contribution in [2.24, 2.45) is 0 Å². The van der Waals surface area contributed by atoms with E-state index >= 15 is 0 Å². The molecule has 136 valence electrons. The highest BCUT2D eigenvalue weighted by atomic mass is 16.5. The SMILES string of the molecule is C=C1[C@H](n2ccc(NC(=O)Cc3ccccn3)nc2=O)O[C@H](CO)[C@H]1O. The third-order valence-corrected chi connectivity index (χ3v) is 3.95. The molecule has 2 aromatic heterocycles. The van der Waals surface area contributed by atoms with E-state index in [-0.39, 0.29) is 23.7 Å². The molecule has 1 aliphatic heterocycles. The van der Waals surface area contributed by atoms with Crippen molar-refractivity contribution in [1.29, 1.82) is 0 Å². The largest absolute Gasteiger partial charge is 0.394 e. The molecule has 0 bridgehead atoms. The summed E-state index contributed by atoms with van der Waals surface area (Å²) in [6, 6.07) is 6.68. The summed E-state index contributed by atoms with van der Waals surface area (Å²) in [5.74, 6) is -0.263. The summed E-state index contributed by atoms with van der Waals surface area (Å²) in [7, 11) is 0. The Morgan fingerprint density at radius 3 is 2.81 bits per heavy atom. The van der Waals surface area contributed by atoms with Gasteiger partial charge >= 0.3 is 5.69 Å². The number of anilines is 1. The molecule has 1 fully saturated rings. The summed E-state index contributed by atoms with van der Waals surface area (Å²) in [6.07, 6.45) is 0.171. The maximum Gasteiger partial charge on any atom is 0.351 e. The number of nitrogens with one attached hydrogen (secondary N) is 1. The Kier molecular flexibility index (Phi) is 5.21. The van der Waals surface area contributed by atoms with Gasteiger partial charge in [-0.15, -0.1) is 0 Å². The molecule has 1 amide bonds. The topological polar surface area (TPSA) is 127 Å². The van der Waals surface area contributed by atoms with Gasteiger partial charge in [-0.25, -0.2) is 4.79 Å². The number of hydrogen-bond donors (Lipinski definition) is 3. The smallest absolute Gasteiger partial charge is 0.351 e. The summed E-state index contributed by atoms with van der Waals surface area (Å²) in [4.78, 5) is 32.1. The molecule has 0 unspecified atom stereocenters. The molecule has 0 saturated carbocycles. The van der Waals surface area contributed by atoms with E-state index in [2.05, 4.69) is 21.9 Å². The monoisotopic (exact) mass is 358 g/mol. The van der Waals surface area contributed by atoms with Gasteiger partial charge in [-0.2, -0.15) is 4.98 Å². The average molecular weight is 358 g/mol. The van der Waals surface area contributed by atoms with Crippen LogP contribution in [-0.2, 0) is 16.0 Å². The van der Waals surface area contributed by atoms with E-state index in [1.165, 1.54) is 12.3 Å². The van der Waals surface area contributed by atoms with Crippen molar-refractivity contribution in [3.8, 4) is 0 Å². The van der Waals surface area contributed by atoms with E-state index in [0.29, 0.717) is 5.69 Å². The second kappa shape index (κ2) is 7.56. The highest BCUT2D eigenvalue weighted by Crippen LogP contribution is 2.31. The third kappa shape index (κ3) is 3.69. The second-order valence-electron chi connectivity index (χ2n) is 5.78. The lowest BCUT2D eigenvalue weighted by atomic mass is 10.1. The molecule has 0 spiro atoms. The van der Waals surface area contributed by atoms with Crippen LogP contribution in [0.15, 0.2) is 53.6 Å². The third-order valence-electron chi connectivity index (χ3n) is 3.95. The van der Waals surface area contributed by atoms with Gasteiger partial charge in [-0.05, 0) is 18.2 Å². The van der Waals surface area contributed by atoms with Crippen molar-refractivity contribution in [2.75, 3.05) is 11.9 Å². The van der Waals surface area contributed by atoms with Crippen molar-refractivity contribution < 1.29 is 19.7 Å². The number of rotatable bonds is 5. The fourth-order valence-corrected chi connectivity index (χ4v) is 2.61. The number of carbonyl (C=O) groups excluding carboxylic acids is 1. The molecule has 0 aliphatic carbocycles. The zero-order valence-electron chi connectivity index (χ0n) is 13.8. The van der Waals surface area contributed by atoms with Gasteiger partial charge in [0.1, 0.15) is 18.0 Å². The fourth-order valence-electron chi connectivity index (χ4n) is 2.61. The summed E-state index contributed by atoms with van der Waals surface area (Å²) < 4.78 is 6.56. The van der Waals surface area contributed by atoms with Gasteiger partial charge < -0.3 is 20.3 Å². The number of hydrogen-bond acceptors (Lipinski definition) is 7. The maximum absolute atomic E-state index is 12.2. The van der Waals surface area contributed by atoms with Crippen molar-refractivity contribution in [3.63, 3.8) is 0 Å². The number of carbonyl (C=O) groups is 1. The predicted molar refractivity (Wildman–Crippen MR) is 91.2 cm³/mol. The number of aliphatic hydroxyl groups is 2. The zero-order chi connectivity index (χ0) is 18.7. The standard InChI is InChI=1S/C17H18N4O5/c1-10-15(24)12(9-22)26-16(10)21-7-5-13(20-17(21)25)19-14(23)8-11-4-2-3-6-18-11/h2-7,12,15-16,22,24H,1,8-9H2,(H,19,20,23,25)/t12-,15+,16-/m1/s1. The molecule has 3 atom stereocenters. The normalized spacial score (nSPS) is 22.4. The summed E-state index contributed by atoms with van der Waals surface area (Å²) in [6.45, 7) is 3.30. The van der Waals surface area contributed by atoms with Crippen LogP contribution in [0.3, 0.4) is 0 Å². The van der Waals surface area contributed by atoms with Crippen LogP contribution in [0.25, 0.3) is 0 Å². The molecular weight excluding hydrogens is 340 g/mol. The van der Waals surface area contributed by atoms with Crippen LogP contribution in [0.4, 0.5) is 5.82 Å². The predicted octanol–water partition coefficient (Wildman–Crippen LogP) is -0.374. The van der Waals surface area contributed by atoms with Crippen LogP contribution in [0.2, 0.25) is 0 Å². The van der Waals surface area contributed by atoms with Crippen molar-refractivity contribution in [1.82, 2.24) is 14.5 Å². The first-order valence-corrected chi connectivity index (χ1v) is 7.91. The Bertz CT molecular complexity index is 867. The summed E-state index contributed by atoms with van der Waals surface area (Å²) >= 11 is 0. The highest BCUT2D eigenvalue weighted by Gasteiger charge is 2.38. The zero-order valence-corrected chi connectivity index (χ0v) is 13.8. The molecular formula is C17H18N4O5. The van der Waals surface area contributed by atoms with Crippen molar-refractivity contribution in [2.45, 2.75) is 24.9 Å². The Morgan fingerprint density at radius 2 is 2.19 bits per heavy atom. The minimum atomic E-state index is -1.07. The highest BCUT2D eigenvalue weighted by molar-refractivity contribution is 5.91. The van der Waals surface area contributed by atoms with Crippen molar-refractivity contribution in [3.05, 3.63) is 65.0 Å². The maximum atomic E-state index is 12.2. The number of nitrogens with zero attached hydrogens (tertiary/aromatic N) is 3. The first-order valence-electron chi connectivity index (χ1n) is 7.91. The summed E-state index contributed by atoms with van der Waals surface area (Å²) in [5, 5.41) is 21.6. The molecule has 9 nitrogen and oxygen atoms in total. The van der Waals surface area contributed by atoms with Crippen LogP contribution in [0, 0.1) is 0 Å². The van der Waals surface area contributed by atoms with E-state index in [1.54, 1.807) is 24.4 Å². The first kappa shape index (κ1) is 17.9. The van der Waals surface area contributed by atoms with Crippen LogP contribution < -0.4 is 11.0 Å². The van der Waals surface area contributed by atoms with E-state index in [9.17, 15) is 19.8 Å². The molecule has 3 N–H and O–H groups in total. The quantitative estimate of drug-likeness (QED) is 0.622. The summed E-state index contributed by atoms with van der Waals surface area (Å²) in [5.41, 5.74) is 0.162. The van der Waals surface area contributed by atoms with Crippen LogP contribution in [0.5, 0.6) is 0 Å². The second-order valence-corrected chi connectivity index (χ2v) is 5.78. The van der Waals surface area contributed by atoms with E-state index in [4.69, 9.17) is 4.74 Å². The van der Waals surface area contributed by atoms with Crippen LogP contribution in [-0.4, -0.2) is 49.5 Å². The van der Waals surface area contributed by atoms with Gasteiger partial charge in [-0.1, -0.05) is 12.6 Å². The lowest BCUT2D eigenvalue weighted by Crippen LogP contribution is -2.29. The van der Waals surface area contributed by atoms with E-state index < -0.39 is 30.7 Å². The average Bonchev–Trinajstić information content (AvgIpc) is 2.91. The van der Waals surface area contributed by atoms with Gasteiger partial charge in [0, 0.05) is 23.7 Å². The molecule has 0 radical (unpaired) electrons. The Labute approximate surface area is 148 Å². The van der Waals surface area contributed by atoms with E-state index in [1.807, 2.05) is 0 Å². The number of aliphatic hydroxyl groups excluding tert-OH is 2. The van der Waals surface area contributed by atoms with Crippen molar-refractivity contribution >= 4 is 11.7 Å². The Balaban J connectivity index is 1.71. The number of ether oxygens (including phenoxy) is 1. The molecule has 3 rings (SSSR count). The molecule has 1 aliphatic rings. The number of pyridine rings is 1. The molecule has 26 heavy (non-hydrogen) atoms. The minimum absolute atomic E-state index is 0.0541. The van der Waals surface area contributed by atoms with Crippen LogP contribution >= 0.6 is 0 Å². The van der Waals surface area contributed by atoms with Gasteiger partial charge in [0.2, 0.25) is 5.91 Å². The lowest BCUT2D eigenvalue weighted by Gasteiger charge is -2.15. The molecule has 9 heteroatoms. The minimum Gasteiger partial charge on any atom is -0.394 e. The molecule has 0 aromatic carbocycles. The van der Waals surface area contributed by atoms with E-state index in [0.717, 1.165) is 4.57 Å². The fraction of sp³-hybridized carbons (Fsp3) is 0.294. The van der Waals surface area contributed by atoms with Gasteiger partial charge in [0.25, 0.3) is 0 Å². The lowest BCUT2D eigenvalue weighted by molar-refractivity contribution is -0.115.